The van der Waals surface area contributed by atoms with E-state index in [0.29, 0.717) is 13.1 Å². The summed E-state index contributed by atoms with van der Waals surface area (Å²) in [6.45, 7) is 1.11. The molecular weight excluding hydrogens is 198 g/mol. The van der Waals surface area contributed by atoms with Gasteiger partial charge in [0.25, 0.3) is 0 Å². The minimum atomic E-state index is -2.94. The zero-order valence-electron chi connectivity index (χ0n) is 7.81. The van der Waals surface area contributed by atoms with Crippen LogP contribution in [0.3, 0.4) is 0 Å². The van der Waals surface area contributed by atoms with Crippen molar-refractivity contribution in [3.63, 3.8) is 0 Å². The monoisotopic (exact) mass is 211 g/mol. The summed E-state index contributed by atoms with van der Waals surface area (Å²) >= 11 is 0. The fraction of sp³-hybridized carbons (Fsp3) is 0.400. The predicted molar refractivity (Wildman–Crippen MR) is 55.8 cm³/mol. The molecule has 14 heavy (non-hydrogen) atoms. The number of benzene rings is 1. The van der Waals surface area contributed by atoms with Crippen LogP contribution in [-0.4, -0.2) is 27.3 Å². The summed E-state index contributed by atoms with van der Waals surface area (Å²) in [6.07, 6.45) is 0. The molecule has 0 saturated carbocycles. The molecule has 0 spiro atoms. The number of nitrogens with one attached hydrogen (secondary N) is 1. The first-order chi connectivity index (χ1) is 6.70. The number of rotatable bonds is 1. The first-order valence-corrected chi connectivity index (χ1v) is 6.39. The lowest BCUT2D eigenvalue weighted by Gasteiger charge is -2.23. The maximum atomic E-state index is 11.7. The molecule has 1 heterocycles. The minimum absolute atomic E-state index is 0.243. The quantitative estimate of drug-likeness (QED) is 0.745. The Morgan fingerprint density at radius 3 is 2.57 bits per heavy atom. The van der Waals surface area contributed by atoms with Crippen molar-refractivity contribution < 1.29 is 8.42 Å². The third kappa shape index (κ3) is 1.81. The summed E-state index contributed by atoms with van der Waals surface area (Å²) in [5.74, 6) is 0.243. The molecule has 1 atom stereocenters. The van der Waals surface area contributed by atoms with Gasteiger partial charge >= 0.3 is 0 Å². The lowest BCUT2D eigenvalue weighted by Crippen LogP contribution is -2.38. The molecule has 0 amide bonds. The van der Waals surface area contributed by atoms with E-state index in [1.165, 1.54) is 0 Å². The van der Waals surface area contributed by atoms with E-state index in [9.17, 15) is 8.42 Å². The SMILES string of the molecule is O=S1(=O)CCNC[C@H]1c1ccccc1. The number of hydrogen-bond donors (Lipinski definition) is 1. The van der Waals surface area contributed by atoms with Crippen LogP contribution in [0.4, 0.5) is 0 Å². The summed E-state index contributed by atoms with van der Waals surface area (Å²) in [5.41, 5.74) is 0.889. The van der Waals surface area contributed by atoms with Crippen LogP contribution in [0.15, 0.2) is 30.3 Å². The molecule has 0 bridgehead atoms. The van der Waals surface area contributed by atoms with E-state index in [0.717, 1.165) is 5.56 Å². The molecule has 1 N–H and O–H groups in total. The molecule has 0 unspecified atom stereocenters. The van der Waals surface area contributed by atoms with E-state index in [2.05, 4.69) is 5.32 Å². The Morgan fingerprint density at radius 2 is 1.93 bits per heavy atom. The van der Waals surface area contributed by atoms with E-state index in [-0.39, 0.29) is 11.0 Å². The highest BCUT2D eigenvalue weighted by atomic mass is 32.2. The molecule has 3 nitrogen and oxygen atoms in total. The third-order valence-corrected chi connectivity index (χ3v) is 4.58. The van der Waals surface area contributed by atoms with Crippen LogP contribution < -0.4 is 5.32 Å². The standard InChI is InChI=1S/C10H13NO2S/c12-14(13)7-6-11-8-10(14)9-4-2-1-3-5-9/h1-5,10-11H,6-8H2/t10-/m0/s1. The van der Waals surface area contributed by atoms with E-state index in [4.69, 9.17) is 0 Å². The molecule has 1 fully saturated rings. The van der Waals surface area contributed by atoms with Crippen molar-refractivity contribution in [2.45, 2.75) is 5.25 Å². The Morgan fingerprint density at radius 1 is 1.21 bits per heavy atom. The zero-order chi connectivity index (χ0) is 10.0. The van der Waals surface area contributed by atoms with Crippen molar-refractivity contribution in [2.24, 2.45) is 0 Å². The van der Waals surface area contributed by atoms with Crippen molar-refractivity contribution in [3.8, 4) is 0 Å². The Bertz CT molecular complexity index is 399. The van der Waals surface area contributed by atoms with Gasteiger partial charge in [0.15, 0.2) is 9.84 Å². The van der Waals surface area contributed by atoms with E-state index >= 15 is 0 Å². The summed E-state index contributed by atoms with van der Waals surface area (Å²) in [6, 6.07) is 9.38. The van der Waals surface area contributed by atoms with Gasteiger partial charge in [0.05, 0.1) is 11.0 Å². The van der Waals surface area contributed by atoms with Gasteiger partial charge in [-0.05, 0) is 5.56 Å². The van der Waals surface area contributed by atoms with Crippen LogP contribution >= 0.6 is 0 Å². The van der Waals surface area contributed by atoms with Gasteiger partial charge in [0.2, 0.25) is 0 Å². The van der Waals surface area contributed by atoms with Crippen LogP contribution in [0.2, 0.25) is 0 Å². The van der Waals surface area contributed by atoms with Gasteiger partial charge in [-0.15, -0.1) is 0 Å². The van der Waals surface area contributed by atoms with Crippen molar-refractivity contribution >= 4 is 9.84 Å². The second-order valence-corrected chi connectivity index (χ2v) is 5.77. The average molecular weight is 211 g/mol. The highest BCUT2D eigenvalue weighted by Gasteiger charge is 2.29. The molecule has 1 aliphatic rings. The van der Waals surface area contributed by atoms with Gasteiger partial charge in [-0.3, -0.25) is 0 Å². The van der Waals surface area contributed by atoms with Crippen LogP contribution in [-0.2, 0) is 9.84 Å². The Kier molecular flexibility index (Phi) is 2.56. The van der Waals surface area contributed by atoms with Gasteiger partial charge in [0, 0.05) is 13.1 Å². The normalized spacial score (nSPS) is 25.9. The second kappa shape index (κ2) is 3.71. The number of sulfone groups is 1. The molecule has 76 valence electrons. The van der Waals surface area contributed by atoms with Crippen molar-refractivity contribution in [2.75, 3.05) is 18.8 Å². The maximum Gasteiger partial charge on any atom is 0.159 e. The topological polar surface area (TPSA) is 46.2 Å². The number of hydrogen-bond acceptors (Lipinski definition) is 3. The first kappa shape index (κ1) is 9.68. The molecule has 1 saturated heterocycles. The lowest BCUT2D eigenvalue weighted by molar-refractivity contribution is 0.551. The molecule has 1 aliphatic heterocycles. The van der Waals surface area contributed by atoms with Crippen molar-refractivity contribution in [1.29, 1.82) is 0 Å². The third-order valence-electron chi connectivity index (χ3n) is 2.50. The molecule has 2 rings (SSSR count). The minimum Gasteiger partial charge on any atom is -0.314 e. The molecule has 1 aromatic rings. The second-order valence-electron chi connectivity index (χ2n) is 3.47. The van der Waals surface area contributed by atoms with E-state index in [1.54, 1.807) is 0 Å². The van der Waals surface area contributed by atoms with Crippen LogP contribution in [0.25, 0.3) is 0 Å². The molecule has 0 radical (unpaired) electrons. The van der Waals surface area contributed by atoms with Gasteiger partial charge in [-0.2, -0.15) is 0 Å². The largest absolute Gasteiger partial charge is 0.314 e. The van der Waals surface area contributed by atoms with Crippen molar-refractivity contribution in [1.82, 2.24) is 5.32 Å². The summed E-state index contributed by atoms with van der Waals surface area (Å²) in [5, 5.41) is 2.75. The van der Waals surface area contributed by atoms with Crippen LogP contribution in [0, 0.1) is 0 Å². The molecule has 0 aromatic heterocycles. The highest BCUT2D eigenvalue weighted by molar-refractivity contribution is 7.91. The van der Waals surface area contributed by atoms with Gasteiger partial charge in [-0.25, -0.2) is 8.42 Å². The maximum absolute atomic E-state index is 11.7. The summed E-state index contributed by atoms with van der Waals surface area (Å²) in [4.78, 5) is 0. The summed E-state index contributed by atoms with van der Waals surface area (Å²) in [7, 11) is -2.94. The Labute approximate surface area is 84.1 Å². The zero-order valence-corrected chi connectivity index (χ0v) is 8.63. The van der Waals surface area contributed by atoms with Gasteiger partial charge in [0.1, 0.15) is 0 Å². The molecule has 4 heteroatoms. The average Bonchev–Trinajstić information content (AvgIpc) is 2.18. The van der Waals surface area contributed by atoms with Crippen LogP contribution in [0.1, 0.15) is 10.8 Å². The van der Waals surface area contributed by atoms with E-state index in [1.807, 2.05) is 30.3 Å². The smallest absolute Gasteiger partial charge is 0.159 e. The Balaban J connectivity index is 2.34. The summed E-state index contributed by atoms with van der Waals surface area (Å²) < 4.78 is 23.5. The van der Waals surface area contributed by atoms with Gasteiger partial charge in [-0.1, -0.05) is 30.3 Å². The fourth-order valence-electron chi connectivity index (χ4n) is 1.71. The van der Waals surface area contributed by atoms with Crippen molar-refractivity contribution in [3.05, 3.63) is 35.9 Å². The molecular formula is C10H13NO2S. The predicted octanol–water partition coefficient (Wildman–Crippen LogP) is 0.746. The first-order valence-electron chi connectivity index (χ1n) is 4.67. The van der Waals surface area contributed by atoms with E-state index < -0.39 is 9.84 Å². The van der Waals surface area contributed by atoms with Gasteiger partial charge < -0.3 is 5.32 Å². The van der Waals surface area contributed by atoms with Crippen LogP contribution in [0.5, 0.6) is 0 Å². The molecule has 0 aliphatic carbocycles. The molecule has 1 aromatic carbocycles. The highest BCUT2D eigenvalue weighted by Crippen LogP contribution is 2.23. The Hall–Kier alpha value is -0.870. The lowest BCUT2D eigenvalue weighted by atomic mass is 10.1. The fourth-order valence-corrected chi connectivity index (χ4v) is 3.37.